The number of hydrogen-bond acceptors (Lipinski definition) is 10. The van der Waals surface area contributed by atoms with Gasteiger partial charge in [-0.1, -0.05) is 0 Å². The van der Waals surface area contributed by atoms with Gasteiger partial charge in [0.25, 0.3) is 5.91 Å². The number of anilines is 2. The van der Waals surface area contributed by atoms with Crippen LogP contribution in [0.15, 0.2) is 30.5 Å². The number of carboxylic acids is 2. The van der Waals surface area contributed by atoms with E-state index in [1.165, 1.54) is 30.5 Å². The summed E-state index contributed by atoms with van der Waals surface area (Å²) in [7, 11) is 0. The number of nitrogens with zero attached hydrogens (tertiary/aromatic N) is 4. The number of carboxylic acid groups (broad SMARTS) is 2. The van der Waals surface area contributed by atoms with E-state index in [0.717, 1.165) is 0 Å². The molecular formula is C19H19N7O6. The quantitative estimate of drug-likeness (QED) is 0.301. The van der Waals surface area contributed by atoms with Gasteiger partial charge in [0.05, 0.1) is 11.9 Å². The van der Waals surface area contributed by atoms with Crippen molar-refractivity contribution in [3.8, 4) is 5.75 Å². The summed E-state index contributed by atoms with van der Waals surface area (Å²) < 4.78 is 5.62. The van der Waals surface area contributed by atoms with E-state index in [-0.39, 0.29) is 42.4 Å². The number of nitrogen functional groups attached to an aromatic ring is 2. The molecule has 32 heavy (non-hydrogen) atoms. The summed E-state index contributed by atoms with van der Waals surface area (Å²) >= 11 is 0. The fourth-order valence-electron chi connectivity index (χ4n) is 2.68. The van der Waals surface area contributed by atoms with Gasteiger partial charge < -0.3 is 31.7 Å². The molecule has 1 amide bonds. The number of nitrogens with one attached hydrogen (secondary N) is 1. The van der Waals surface area contributed by atoms with Crippen LogP contribution in [0.3, 0.4) is 0 Å². The number of ether oxygens (including phenoxy) is 1. The van der Waals surface area contributed by atoms with E-state index in [0.29, 0.717) is 17.0 Å². The number of fused-ring (bicyclic) bond motifs is 1. The molecule has 0 radical (unpaired) electrons. The van der Waals surface area contributed by atoms with E-state index >= 15 is 0 Å². The van der Waals surface area contributed by atoms with Gasteiger partial charge in [0.1, 0.15) is 18.4 Å². The predicted molar refractivity (Wildman–Crippen MR) is 110 cm³/mol. The van der Waals surface area contributed by atoms with Gasteiger partial charge in [0.2, 0.25) is 5.95 Å². The Morgan fingerprint density at radius 2 is 1.78 bits per heavy atom. The Balaban J connectivity index is 1.62. The Morgan fingerprint density at radius 1 is 1.06 bits per heavy atom. The smallest absolute Gasteiger partial charge is 0.326 e. The fourth-order valence-corrected chi connectivity index (χ4v) is 2.68. The lowest BCUT2D eigenvalue weighted by molar-refractivity contribution is -0.140. The average Bonchev–Trinajstić information content (AvgIpc) is 2.75. The maximum Gasteiger partial charge on any atom is 0.326 e. The SMILES string of the molecule is Nc1nc(N)c2nc(COc3ccc(C(=O)N[C@@H](CCC(=O)O)C(=O)O)cc3)cnc2n1. The van der Waals surface area contributed by atoms with Crippen molar-refractivity contribution in [1.29, 1.82) is 0 Å². The van der Waals surface area contributed by atoms with Crippen LogP contribution >= 0.6 is 0 Å². The molecule has 1 aromatic carbocycles. The summed E-state index contributed by atoms with van der Waals surface area (Å²) in [6.45, 7) is 0.0502. The van der Waals surface area contributed by atoms with Crippen LogP contribution in [0.25, 0.3) is 11.2 Å². The lowest BCUT2D eigenvalue weighted by Gasteiger charge is -2.14. The zero-order valence-corrected chi connectivity index (χ0v) is 16.6. The number of aliphatic carboxylic acids is 2. The molecule has 13 nitrogen and oxygen atoms in total. The lowest BCUT2D eigenvalue weighted by atomic mass is 10.1. The molecule has 13 heteroatoms. The summed E-state index contributed by atoms with van der Waals surface area (Å²) in [6, 6.07) is 4.62. The second-order valence-electron chi connectivity index (χ2n) is 6.61. The minimum Gasteiger partial charge on any atom is -0.487 e. The molecule has 0 aliphatic heterocycles. The first kappa shape index (κ1) is 22.1. The number of aromatic nitrogens is 4. The van der Waals surface area contributed by atoms with Crippen molar-refractivity contribution in [2.45, 2.75) is 25.5 Å². The van der Waals surface area contributed by atoms with Crippen molar-refractivity contribution < 1.29 is 29.3 Å². The van der Waals surface area contributed by atoms with Crippen LogP contribution in [0.2, 0.25) is 0 Å². The summed E-state index contributed by atoms with van der Waals surface area (Å²) in [5, 5.41) is 20.1. The predicted octanol–water partition coefficient (Wildman–Crippen LogP) is 0.211. The number of hydrogen-bond donors (Lipinski definition) is 5. The molecule has 1 atom stereocenters. The van der Waals surface area contributed by atoms with Crippen molar-refractivity contribution in [3.63, 3.8) is 0 Å². The summed E-state index contributed by atoms with van der Waals surface area (Å²) in [6.07, 6.45) is 0.846. The molecule has 2 aromatic heterocycles. The summed E-state index contributed by atoms with van der Waals surface area (Å²) in [5.41, 5.74) is 12.5. The Bertz CT molecular complexity index is 1170. The zero-order valence-electron chi connectivity index (χ0n) is 16.6. The molecule has 0 aliphatic rings. The lowest BCUT2D eigenvalue weighted by Crippen LogP contribution is -2.41. The standard InChI is InChI=1S/C19H19N7O6/c20-15-14-16(26-19(21)25-15)22-7-10(23-14)8-32-11-3-1-9(2-4-11)17(29)24-12(18(30)31)5-6-13(27)28/h1-4,7,12H,5-6,8H2,(H,24,29)(H,27,28)(H,30,31)(H4,20,21,22,25,26)/t12-/m0/s1. The zero-order chi connectivity index (χ0) is 23.3. The molecule has 0 saturated carbocycles. The Labute approximate surface area is 180 Å². The van der Waals surface area contributed by atoms with Crippen molar-refractivity contribution in [2.75, 3.05) is 11.5 Å². The highest BCUT2D eigenvalue weighted by Gasteiger charge is 2.21. The molecule has 3 aromatic rings. The molecule has 0 spiro atoms. The van der Waals surface area contributed by atoms with E-state index in [2.05, 4.69) is 25.3 Å². The van der Waals surface area contributed by atoms with E-state index in [1.54, 1.807) is 0 Å². The molecule has 0 aliphatic carbocycles. The topological polar surface area (TPSA) is 217 Å². The minimum atomic E-state index is -1.32. The number of nitrogens with two attached hydrogens (primary N) is 2. The maximum atomic E-state index is 12.3. The van der Waals surface area contributed by atoms with Gasteiger partial charge in [-0.3, -0.25) is 9.59 Å². The van der Waals surface area contributed by atoms with Crippen LogP contribution in [0.1, 0.15) is 28.9 Å². The monoisotopic (exact) mass is 441 g/mol. The van der Waals surface area contributed by atoms with Crippen molar-refractivity contribution >= 4 is 40.8 Å². The van der Waals surface area contributed by atoms with Crippen LogP contribution in [-0.4, -0.2) is 54.0 Å². The van der Waals surface area contributed by atoms with Gasteiger partial charge in [-0.05, 0) is 30.7 Å². The van der Waals surface area contributed by atoms with Gasteiger partial charge in [-0.15, -0.1) is 0 Å². The minimum absolute atomic E-state index is 0.00557. The Morgan fingerprint density at radius 3 is 2.44 bits per heavy atom. The van der Waals surface area contributed by atoms with Gasteiger partial charge in [0.15, 0.2) is 17.0 Å². The maximum absolute atomic E-state index is 12.3. The highest BCUT2D eigenvalue weighted by Crippen LogP contribution is 2.17. The van der Waals surface area contributed by atoms with Crippen LogP contribution in [0, 0.1) is 0 Å². The molecule has 0 fully saturated rings. The van der Waals surface area contributed by atoms with Crippen LogP contribution < -0.4 is 21.5 Å². The molecule has 0 unspecified atom stereocenters. The second kappa shape index (κ2) is 9.51. The molecule has 0 bridgehead atoms. The molecule has 0 saturated heterocycles. The number of rotatable bonds is 9. The van der Waals surface area contributed by atoms with E-state index in [4.69, 9.17) is 26.4 Å². The van der Waals surface area contributed by atoms with Gasteiger partial charge in [0, 0.05) is 12.0 Å². The second-order valence-corrected chi connectivity index (χ2v) is 6.61. The van der Waals surface area contributed by atoms with Gasteiger partial charge in [-0.2, -0.15) is 9.97 Å². The third kappa shape index (κ3) is 5.53. The molecule has 2 heterocycles. The normalized spacial score (nSPS) is 11.6. The Hall–Kier alpha value is -4.55. The highest BCUT2D eigenvalue weighted by molar-refractivity contribution is 5.96. The first-order chi connectivity index (χ1) is 15.2. The van der Waals surface area contributed by atoms with Gasteiger partial charge in [-0.25, -0.2) is 14.8 Å². The fraction of sp³-hybridized carbons (Fsp3) is 0.211. The van der Waals surface area contributed by atoms with Crippen LogP contribution in [0.4, 0.5) is 11.8 Å². The first-order valence-electron chi connectivity index (χ1n) is 9.26. The largest absolute Gasteiger partial charge is 0.487 e. The molecular weight excluding hydrogens is 422 g/mol. The summed E-state index contributed by atoms with van der Waals surface area (Å²) in [5.74, 6) is -2.60. The average molecular weight is 441 g/mol. The van der Waals surface area contributed by atoms with Crippen molar-refractivity contribution in [1.82, 2.24) is 25.3 Å². The number of carbonyl (C=O) groups excluding carboxylic acids is 1. The van der Waals surface area contributed by atoms with Crippen molar-refractivity contribution in [3.05, 3.63) is 41.7 Å². The van der Waals surface area contributed by atoms with E-state index < -0.39 is 23.9 Å². The summed E-state index contributed by atoms with van der Waals surface area (Å²) in [4.78, 5) is 50.3. The number of amides is 1. The Kier molecular flexibility index (Phi) is 6.58. The molecule has 7 N–H and O–H groups in total. The highest BCUT2D eigenvalue weighted by atomic mass is 16.5. The van der Waals surface area contributed by atoms with Gasteiger partial charge >= 0.3 is 11.9 Å². The van der Waals surface area contributed by atoms with E-state index in [1.807, 2.05) is 0 Å². The number of benzene rings is 1. The molecule has 166 valence electrons. The van der Waals surface area contributed by atoms with E-state index in [9.17, 15) is 14.4 Å². The molecule has 3 rings (SSSR count). The third-order valence-electron chi connectivity index (χ3n) is 4.25. The van der Waals surface area contributed by atoms with Crippen LogP contribution in [-0.2, 0) is 16.2 Å². The first-order valence-corrected chi connectivity index (χ1v) is 9.26. The van der Waals surface area contributed by atoms with Crippen molar-refractivity contribution in [2.24, 2.45) is 0 Å². The third-order valence-corrected chi connectivity index (χ3v) is 4.25. The van der Waals surface area contributed by atoms with Crippen LogP contribution in [0.5, 0.6) is 5.75 Å². The number of carbonyl (C=O) groups is 3.